The summed E-state index contributed by atoms with van der Waals surface area (Å²) < 4.78 is 25.3. The van der Waals surface area contributed by atoms with Crippen LogP contribution in [-0.2, 0) is 16.0 Å². The van der Waals surface area contributed by atoms with Crippen LogP contribution < -0.4 is 9.47 Å². The van der Waals surface area contributed by atoms with Crippen molar-refractivity contribution in [3.8, 4) is 11.5 Å². The van der Waals surface area contributed by atoms with Gasteiger partial charge in [0.15, 0.2) is 17.3 Å². The van der Waals surface area contributed by atoms with Crippen LogP contribution in [0.25, 0.3) is 0 Å². The normalized spacial score (nSPS) is 17.2. The van der Waals surface area contributed by atoms with Gasteiger partial charge in [0.2, 0.25) is 13.1 Å². The molecule has 1 fully saturated rings. The standard InChI is InChI=1S/C14H11Br2ClN2O4/c15-11-12(16)19(13(18-11)14-20-1-2-21-14)5-7-3-9-10(4-8(7)17)23-6-22-9/h3-4,14H,1-2,5-6H2. The summed E-state index contributed by atoms with van der Waals surface area (Å²) in [6.45, 7) is 1.81. The topological polar surface area (TPSA) is 54.7 Å². The highest BCUT2D eigenvalue weighted by atomic mass is 79.9. The number of benzene rings is 1. The molecule has 0 spiro atoms. The summed E-state index contributed by atoms with van der Waals surface area (Å²) in [5.74, 6) is 2.02. The van der Waals surface area contributed by atoms with Gasteiger partial charge in [0.05, 0.1) is 19.8 Å². The molecule has 0 atom stereocenters. The van der Waals surface area contributed by atoms with Crippen LogP contribution in [0.3, 0.4) is 0 Å². The van der Waals surface area contributed by atoms with E-state index in [-0.39, 0.29) is 6.79 Å². The van der Waals surface area contributed by atoms with Crippen molar-refractivity contribution in [2.24, 2.45) is 0 Å². The van der Waals surface area contributed by atoms with E-state index < -0.39 is 6.29 Å². The lowest BCUT2D eigenvalue weighted by Crippen LogP contribution is -2.11. The van der Waals surface area contributed by atoms with Crippen molar-refractivity contribution < 1.29 is 18.9 Å². The molecule has 0 N–H and O–H groups in total. The van der Waals surface area contributed by atoms with Gasteiger partial charge in [-0.15, -0.1) is 0 Å². The minimum absolute atomic E-state index is 0.213. The molecule has 1 aromatic carbocycles. The molecule has 0 aliphatic carbocycles. The van der Waals surface area contributed by atoms with Gasteiger partial charge in [-0.05, 0) is 43.5 Å². The predicted octanol–water partition coefficient (Wildman–Crippen LogP) is 3.88. The highest BCUT2D eigenvalue weighted by Crippen LogP contribution is 2.38. The molecule has 1 saturated heterocycles. The Bertz CT molecular complexity index is 762. The summed E-state index contributed by atoms with van der Waals surface area (Å²) in [5, 5.41) is 0.602. The van der Waals surface area contributed by atoms with Gasteiger partial charge in [0, 0.05) is 11.1 Å². The summed E-state index contributed by atoms with van der Waals surface area (Å²) in [6, 6.07) is 3.65. The first-order chi connectivity index (χ1) is 11.1. The van der Waals surface area contributed by atoms with Crippen molar-refractivity contribution >= 4 is 43.5 Å². The van der Waals surface area contributed by atoms with E-state index >= 15 is 0 Å². The van der Waals surface area contributed by atoms with Crippen LogP contribution in [0, 0.1) is 0 Å². The zero-order valence-corrected chi connectivity index (χ0v) is 15.6. The Morgan fingerprint density at radius 1 is 1.17 bits per heavy atom. The van der Waals surface area contributed by atoms with E-state index in [1.807, 2.05) is 10.6 Å². The third-order valence-corrected chi connectivity index (χ3v) is 5.84. The zero-order valence-electron chi connectivity index (χ0n) is 11.7. The first-order valence-electron chi connectivity index (χ1n) is 6.86. The number of aromatic nitrogens is 2. The average Bonchev–Trinajstić information content (AvgIpc) is 3.24. The molecule has 2 aromatic rings. The van der Waals surface area contributed by atoms with Crippen LogP contribution in [0.5, 0.6) is 11.5 Å². The average molecular weight is 467 g/mol. The molecular weight excluding hydrogens is 455 g/mol. The van der Waals surface area contributed by atoms with Crippen LogP contribution in [0.15, 0.2) is 21.3 Å². The summed E-state index contributed by atoms with van der Waals surface area (Å²) in [5.41, 5.74) is 0.890. The van der Waals surface area contributed by atoms with Gasteiger partial charge < -0.3 is 23.5 Å². The lowest BCUT2D eigenvalue weighted by Gasteiger charge is -2.14. The van der Waals surface area contributed by atoms with Crippen molar-refractivity contribution in [1.29, 1.82) is 0 Å². The second kappa shape index (κ2) is 6.25. The number of imidazole rings is 1. The molecule has 23 heavy (non-hydrogen) atoms. The predicted molar refractivity (Wildman–Crippen MR) is 88.9 cm³/mol. The van der Waals surface area contributed by atoms with Crippen molar-refractivity contribution in [3.05, 3.63) is 37.7 Å². The fourth-order valence-electron chi connectivity index (χ4n) is 2.51. The Morgan fingerprint density at radius 3 is 2.61 bits per heavy atom. The largest absolute Gasteiger partial charge is 0.454 e. The molecule has 0 bridgehead atoms. The monoisotopic (exact) mass is 464 g/mol. The molecule has 0 unspecified atom stereocenters. The van der Waals surface area contributed by atoms with E-state index in [0.29, 0.717) is 46.7 Å². The Kier molecular flexibility index (Phi) is 4.27. The quantitative estimate of drug-likeness (QED) is 0.687. The Labute approximate surface area is 153 Å². The highest BCUT2D eigenvalue weighted by molar-refractivity contribution is 9.13. The van der Waals surface area contributed by atoms with Crippen LogP contribution in [0.1, 0.15) is 17.7 Å². The van der Waals surface area contributed by atoms with E-state index in [2.05, 4.69) is 36.8 Å². The lowest BCUT2D eigenvalue weighted by molar-refractivity contribution is -0.0529. The van der Waals surface area contributed by atoms with Crippen molar-refractivity contribution in [2.75, 3.05) is 20.0 Å². The second-order valence-corrected chi connectivity index (χ2v) is 6.92. The number of hydrogen-bond donors (Lipinski definition) is 0. The van der Waals surface area contributed by atoms with E-state index in [9.17, 15) is 0 Å². The van der Waals surface area contributed by atoms with E-state index in [1.54, 1.807) is 6.07 Å². The Hall–Kier alpha value is -0.800. The van der Waals surface area contributed by atoms with Crippen molar-refractivity contribution in [1.82, 2.24) is 9.55 Å². The number of ether oxygens (including phenoxy) is 4. The summed E-state index contributed by atoms with van der Waals surface area (Å²) >= 11 is 13.3. The molecule has 122 valence electrons. The van der Waals surface area contributed by atoms with E-state index in [1.165, 1.54) is 0 Å². The maximum atomic E-state index is 6.37. The number of fused-ring (bicyclic) bond motifs is 1. The van der Waals surface area contributed by atoms with Gasteiger partial charge in [0.1, 0.15) is 9.21 Å². The molecule has 9 heteroatoms. The van der Waals surface area contributed by atoms with Crippen LogP contribution in [0.4, 0.5) is 0 Å². The SMILES string of the molecule is Clc1cc2c(cc1Cn1c(C3OCCO3)nc(Br)c1Br)OCO2. The number of rotatable bonds is 3. The third-order valence-electron chi connectivity index (χ3n) is 3.60. The second-order valence-electron chi connectivity index (χ2n) is 5.01. The molecule has 0 radical (unpaired) electrons. The lowest BCUT2D eigenvalue weighted by atomic mass is 10.2. The molecule has 4 rings (SSSR count). The summed E-state index contributed by atoms with van der Waals surface area (Å²) in [7, 11) is 0. The van der Waals surface area contributed by atoms with Gasteiger partial charge in [-0.3, -0.25) is 0 Å². The fourth-order valence-corrected chi connectivity index (χ4v) is 3.51. The van der Waals surface area contributed by atoms with Crippen molar-refractivity contribution in [2.45, 2.75) is 12.8 Å². The van der Waals surface area contributed by atoms with Crippen LogP contribution >= 0.6 is 43.5 Å². The van der Waals surface area contributed by atoms with Gasteiger partial charge in [-0.25, -0.2) is 4.98 Å². The molecule has 3 heterocycles. The number of hydrogen-bond acceptors (Lipinski definition) is 5. The number of nitrogens with zero attached hydrogens (tertiary/aromatic N) is 2. The highest BCUT2D eigenvalue weighted by Gasteiger charge is 2.27. The van der Waals surface area contributed by atoms with Crippen LogP contribution in [-0.4, -0.2) is 29.6 Å². The minimum atomic E-state index is -0.481. The smallest absolute Gasteiger partial charge is 0.231 e. The van der Waals surface area contributed by atoms with Gasteiger partial charge in [-0.2, -0.15) is 0 Å². The maximum absolute atomic E-state index is 6.37. The molecule has 0 saturated carbocycles. The molecule has 1 aromatic heterocycles. The van der Waals surface area contributed by atoms with Crippen molar-refractivity contribution in [3.63, 3.8) is 0 Å². The van der Waals surface area contributed by atoms with E-state index in [0.717, 1.165) is 10.2 Å². The Balaban J connectivity index is 1.71. The maximum Gasteiger partial charge on any atom is 0.231 e. The first-order valence-corrected chi connectivity index (χ1v) is 8.82. The first kappa shape index (κ1) is 15.7. The van der Waals surface area contributed by atoms with Crippen LogP contribution in [0.2, 0.25) is 5.02 Å². The third kappa shape index (κ3) is 2.87. The summed E-state index contributed by atoms with van der Waals surface area (Å²) in [6.07, 6.45) is -0.481. The van der Waals surface area contributed by atoms with Gasteiger partial charge >= 0.3 is 0 Å². The minimum Gasteiger partial charge on any atom is -0.454 e. The molecular formula is C14H11Br2ClN2O4. The fraction of sp³-hybridized carbons (Fsp3) is 0.357. The van der Waals surface area contributed by atoms with Gasteiger partial charge in [0.25, 0.3) is 0 Å². The number of halogens is 3. The molecule has 2 aliphatic heterocycles. The molecule has 2 aliphatic rings. The summed E-state index contributed by atoms with van der Waals surface area (Å²) in [4.78, 5) is 4.47. The Morgan fingerprint density at radius 2 is 1.87 bits per heavy atom. The van der Waals surface area contributed by atoms with Gasteiger partial charge in [-0.1, -0.05) is 11.6 Å². The zero-order chi connectivity index (χ0) is 16.0. The van der Waals surface area contributed by atoms with E-state index in [4.69, 9.17) is 30.5 Å². The molecule has 0 amide bonds. The molecule has 6 nitrogen and oxygen atoms in total.